The van der Waals surface area contributed by atoms with Crippen molar-refractivity contribution in [2.45, 2.75) is 73.1 Å². The Morgan fingerprint density at radius 3 is 2.65 bits per heavy atom. The molecule has 4 atom stereocenters. The Hall–Kier alpha value is -0.520. The number of rotatable bonds is 1. The van der Waals surface area contributed by atoms with Crippen molar-refractivity contribution in [3.8, 4) is 0 Å². The molecule has 0 aromatic heterocycles. The van der Waals surface area contributed by atoms with Crippen molar-refractivity contribution in [3.63, 3.8) is 0 Å². The average Bonchev–Trinajstić information content (AvgIpc) is 2.88. The number of allylic oxidation sites excluding steroid dienone is 4. The van der Waals surface area contributed by atoms with Gasteiger partial charge in [-0.3, -0.25) is 0 Å². The normalized spacial score (nSPS) is 41.3. The number of hydrogen-bond donors (Lipinski definition) is 0. The number of fused-ring (bicyclic) bond motifs is 2. The molecule has 0 spiro atoms. The summed E-state index contributed by atoms with van der Waals surface area (Å²) in [7, 11) is 0. The Kier molecular flexibility index (Phi) is 3.63. The third-order valence-corrected chi connectivity index (χ3v) is 6.83. The van der Waals surface area contributed by atoms with Gasteiger partial charge in [-0.05, 0) is 85.7 Å². The molecule has 0 aromatic rings. The van der Waals surface area contributed by atoms with Crippen LogP contribution < -0.4 is 0 Å². The Morgan fingerprint density at radius 2 is 1.95 bits per heavy atom. The van der Waals surface area contributed by atoms with Crippen molar-refractivity contribution in [2.24, 2.45) is 29.1 Å². The highest BCUT2D eigenvalue weighted by Crippen LogP contribution is 2.58. The fourth-order valence-corrected chi connectivity index (χ4v) is 5.48. The van der Waals surface area contributed by atoms with Gasteiger partial charge in [-0.25, -0.2) is 0 Å². The maximum Gasteiger partial charge on any atom is -0.0130 e. The fraction of sp³-hybridized carbons (Fsp3) is 0.800. The molecule has 0 heterocycles. The molecule has 2 fully saturated rings. The van der Waals surface area contributed by atoms with E-state index in [0.29, 0.717) is 5.41 Å². The van der Waals surface area contributed by atoms with Crippen molar-refractivity contribution >= 4 is 0 Å². The van der Waals surface area contributed by atoms with E-state index in [1.165, 1.54) is 38.5 Å². The molecule has 0 bridgehead atoms. The van der Waals surface area contributed by atoms with Crippen LogP contribution in [0.4, 0.5) is 0 Å². The minimum absolute atomic E-state index is 0.578. The number of hydrogen-bond acceptors (Lipinski definition) is 0. The van der Waals surface area contributed by atoms with Crippen molar-refractivity contribution in [1.82, 2.24) is 0 Å². The third-order valence-electron chi connectivity index (χ3n) is 6.83. The second-order valence-electron chi connectivity index (χ2n) is 8.48. The predicted molar refractivity (Wildman–Crippen MR) is 87.6 cm³/mol. The van der Waals surface area contributed by atoms with Crippen LogP contribution >= 0.6 is 0 Å². The highest BCUT2D eigenvalue weighted by molar-refractivity contribution is 5.44. The van der Waals surface area contributed by atoms with Crippen molar-refractivity contribution in [1.29, 1.82) is 0 Å². The molecule has 112 valence electrons. The maximum absolute atomic E-state index is 2.60. The lowest BCUT2D eigenvalue weighted by Gasteiger charge is -2.40. The molecule has 0 radical (unpaired) electrons. The molecule has 0 nitrogen and oxygen atoms in total. The van der Waals surface area contributed by atoms with Gasteiger partial charge in [0.25, 0.3) is 0 Å². The van der Waals surface area contributed by atoms with Gasteiger partial charge in [0, 0.05) is 0 Å². The molecular weight excluding hydrogens is 240 g/mol. The molecule has 2 saturated carbocycles. The molecule has 0 saturated heterocycles. The largest absolute Gasteiger partial charge is 0.0767 e. The van der Waals surface area contributed by atoms with Crippen molar-refractivity contribution in [3.05, 3.63) is 22.8 Å². The lowest BCUT2D eigenvalue weighted by atomic mass is 9.65. The quantitative estimate of drug-likeness (QED) is 0.537. The zero-order valence-electron chi connectivity index (χ0n) is 14.1. The van der Waals surface area contributed by atoms with Gasteiger partial charge in [0.05, 0.1) is 0 Å². The Bertz CT molecular complexity index is 451. The Morgan fingerprint density at radius 1 is 1.20 bits per heavy atom. The molecule has 3 aliphatic carbocycles. The maximum atomic E-state index is 2.60. The molecule has 20 heavy (non-hydrogen) atoms. The van der Waals surface area contributed by atoms with Crippen LogP contribution in [0.2, 0.25) is 0 Å². The van der Waals surface area contributed by atoms with Gasteiger partial charge in [0.1, 0.15) is 0 Å². The van der Waals surface area contributed by atoms with Crippen LogP contribution in [0.5, 0.6) is 0 Å². The van der Waals surface area contributed by atoms with Gasteiger partial charge in [0.2, 0.25) is 0 Å². The first-order valence-electron chi connectivity index (χ1n) is 8.81. The first-order chi connectivity index (χ1) is 9.42. The van der Waals surface area contributed by atoms with Gasteiger partial charge < -0.3 is 0 Å². The molecule has 0 aromatic carbocycles. The third kappa shape index (κ3) is 2.20. The second kappa shape index (κ2) is 5.04. The van der Waals surface area contributed by atoms with E-state index in [9.17, 15) is 0 Å². The van der Waals surface area contributed by atoms with E-state index in [0.717, 1.165) is 23.7 Å². The van der Waals surface area contributed by atoms with E-state index < -0.39 is 0 Å². The zero-order chi connectivity index (χ0) is 14.5. The minimum Gasteiger partial charge on any atom is -0.0767 e. The summed E-state index contributed by atoms with van der Waals surface area (Å²) in [6.45, 7) is 12.3. The molecular formula is C20H32. The Labute approximate surface area is 125 Å². The minimum atomic E-state index is 0.578. The first-order valence-corrected chi connectivity index (χ1v) is 8.81. The highest BCUT2D eigenvalue weighted by atomic mass is 14.5. The highest BCUT2D eigenvalue weighted by Gasteiger charge is 2.47. The van der Waals surface area contributed by atoms with E-state index >= 15 is 0 Å². The van der Waals surface area contributed by atoms with Crippen molar-refractivity contribution < 1.29 is 0 Å². The summed E-state index contributed by atoms with van der Waals surface area (Å²) in [4.78, 5) is 0. The topological polar surface area (TPSA) is 0 Å². The van der Waals surface area contributed by atoms with Gasteiger partial charge >= 0.3 is 0 Å². The van der Waals surface area contributed by atoms with Gasteiger partial charge in [0.15, 0.2) is 0 Å². The summed E-state index contributed by atoms with van der Waals surface area (Å²) in [5, 5.41) is 0. The first kappa shape index (κ1) is 14.4. The second-order valence-corrected chi connectivity index (χ2v) is 8.48. The standard InChI is InChI=1S/C20H32/c1-13(2)16-10-11-20(5)12-18-15(4)6-8-17(18)14(3)7-9-19(16)20/h8,13-14,16,19H,6-7,9-12H2,1-5H3/t14-,16+,19-,20+/m0/s1. The van der Waals surface area contributed by atoms with Crippen LogP contribution in [0.3, 0.4) is 0 Å². The van der Waals surface area contributed by atoms with Crippen LogP contribution in [-0.2, 0) is 0 Å². The summed E-state index contributed by atoms with van der Waals surface area (Å²) >= 11 is 0. The average molecular weight is 272 g/mol. The SMILES string of the molecule is CC1=C2C[C@@]3(C)CC[C@H](C(C)C)[C@@H]3CC[C@H](C)C2=CC1. The van der Waals surface area contributed by atoms with E-state index in [-0.39, 0.29) is 0 Å². The lowest BCUT2D eigenvalue weighted by Crippen LogP contribution is -2.31. The van der Waals surface area contributed by atoms with Crippen LogP contribution in [0.15, 0.2) is 22.8 Å². The van der Waals surface area contributed by atoms with E-state index in [4.69, 9.17) is 0 Å². The summed E-state index contributed by atoms with van der Waals surface area (Å²) in [6, 6.07) is 0. The molecule has 0 unspecified atom stereocenters. The van der Waals surface area contributed by atoms with Crippen LogP contribution in [0, 0.1) is 29.1 Å². The molecule has 3 rings (SSSR count). The summed E-state index contributed by atoms with van der Waals surface area (Å²) < 4.78 is 0. The Balaban J connectivity index is 1.94. The molecule has 0 N–H and O–H groups in total. The summed E-state index contributed by atoms with van der Waals surface area (Å²) in [5.74, 6) is 3.60. The van der Waals surface area contributed by atoms with Crippen molar-refractivity contribution in [2.75, 3.05) is 0 Å². The summed E-state index contributed by atoms with van der Waals surface area (Å²) in [6.07, 6.45) is 10.9. The van der Waals surface area contributed by atoms with E-state index in [2.05, 4.69) is 40.7 Å². The van der Waals surface area contributed by atoms with Gasteiger partial charge in [-0.1, -0.05) is 39.3 Å². The smallest absolute Gasteiger partial charge is 0.0130 e. The molecule has 0 heteroatoms. The van der Waals surface area contributed by atoms with Gasteiger partial charge in [-0.15, -0.1) is 0 Å². The molecule has 0 amide bonds. The summed E-state index contributed by atoms with van der Waals surface area (Å²) in [5.41, 5.74) is 5.72. The van der Waals surface area contributed by atoms with Crippen LogP contribution in [0.25, 0.3) is 0 Å². The zero-order valence-corrected chi connectivity index (χ0v) is 14.1. The van der Waals surface area contributed by atoms with Crippen LogP contribution in [0.1, 0.15) is 73.1 Å². The predicted octanol–water partition coefficient (Wildman–Crippen LogP) is 6.14. The van der Waals surface area contributed by atoms with Crippen LogP contribution in [-0.4, -0.2) is 0 Å². The van der Waals surface area contributed by atoms with Gasteiger partial charge in [-0.2, -0.15) is 0 Å². The monoisotopic (exact) mass is 272 g/mol. The lowest BCUT2D eigenvalue weighted by molar-refractivity contribution is 0.141. The van der Waals surface area contributed by atoms with E-state index in [1.807, 2.05) is 0 Å². The molecule has 0 aliphatic heterocycles. The fourth-order valence-electron chi connectivity index (χ4n) is 5.48. The molecule has 3 aliphatic rings. The van der Waals surface area contributed by atoms with E-state index in [1.54, 1.807) is 16.7 Å².